The van der Waals surface area contributed by atoms with Crippen molar-refractivity contribution in [1.29, 1.82) is 5.26 Å². The molecule has 18 heavy (non-hydrogen) atoms. The van der Waals surface area contributed by atoms with Crippen molar-refractivity contribution in [1.82, 2.24) is 4.90 Å². The van der Waals surface area contributed by atoms with Gasteiger partial charge in [0.2, 0.25) is 0 Å². The molecule has 2 N–H and O–H groups in total. The van der Waals surface area contributed by atoms with Gasteiger partial charge in [-0.05, 0) is 42.8 Å². The summed E-state index contributed by atoms with van der Waals surface area (Å²) in [6, 6.07) is 4.93. The molecule has 0 saturated heterocycles. The van der Waals surface area contributed by atoms with E-state index >= 15 is 0 Å². The number of nitrogens with two attached hydrogens (primary N) is 1. The molecule has 1 aromatic rings. The number of thiophene rings is 1. The maximum atomic E-state index is 8.78. The second-order valence-corrected chi connectivity index (χ2v) is 6.57. The van der Waals surface area contributed by atoms with Gasteiger partial charge in [-0.1, -0.05) is 0 Å². The maximum absolute atomic E-state index is 8.78. The molecular formula is C13H20BrN3S. The summed E-state index contributed by atoms with van der Waals surface area (Å²) >= 11 is 5.20. The van der Waals surface area contributed by atoms with Crippen LogP contribution in [0.25, 0.3) is 0 Å². The Balaban J connectivity index is 2.97. The highest BCUT2D eigenvalue weighted by Gasteiger charge is 2.27. The van der Waals surface area contributed by atoms with E-state index in [-0.39, 0.29) is 12.1 Å². The Kier molecular flexibility index (Phi) is 6.30. The van der Waals surface area contributed by atoms with Crippen LogP contribution < -0.4 is 5.73 Å². The summed E-state index contributed by atoms with van der Waals surface area (Å²) in [5.41, 5.74) is 6.16. The number of halogens is 1. The number of rotatable bonds is 6. The Bertz CT molecular complexity index is 409. The molecule has 2 atom stereocenters. The molecule has 0 amide bonds. The first kappa shape index (κ1) is 15.6. The fourth-order valence-electron chi connectivity index (χ4n) is 2.11. The van der Waals surface area contributed by atoms with Gasteiger partial charge in [0.05, 0.1) is 12.1 Å². The maximum Gasteiger partial charge on any atom is 0.0635 e. The number of nitriles is 1. The zero-order valence-electron chi connectivity index (χ0n) is 11.1. The van der Waals surface area contributed by atoms with E-state index in [2.05, 4.69) is 52.2 Å². The van der Waals surface area contributed by atoms with E-state index in [9.17, 15) is 0 Å². The van der Waals surface area contributed by atoms with Crippen LogP contribution in [-0.2, 0) is 0 Å². The van der Waals surface area contributed by atoms with E-state index in [4.69, 9.17) is 11.0 Å². The molecule has 0 aromatic carbocycles. The van der Waals surface area contributed by atoms with Crippen LogP contribution in [0.15, 0.2) is 15.9 Å². The first-order valence-electron chi connectivity index (χ1n) is 6.09. The Labute approximate surface area is 122 Å². The minimum atomic E-state index is 0.0386. The lowest BCUT2D eigenvalue weighted by molar-refractivity contribution is 0.141. The Morgan fingerprint density at radius 2 is 2.17 bits per heavy atom. The summed E-state index contributed by atoms with van der Waals surface area (Å²) in [7, 11) is 0. The molecule has 0 spiro atoms. The summed E-state index contributed by atoms with van der Waals surface area (Å²) in [6.07, 6.45) is 0.536. The smallest absolute Gasteiger partial charge is 0.0635 e. The second-order valence-electron chi connectivity index (χ2n) is 4.71. The van der Waals surface area contributed by atoms with Gasteiger partial charge in [-0.15, -0.1) is 11.3 Å². The molecule has 0 bridgehead atoms. The molecule has 3 nitrogen and oxygen atoms in total. The largest absolute Gasteiger partial charge is 0.326 e. The van der Waals surface area contributed by atoms with Crippen molar-refractivity contribution in [2.75, 3.05) is 6.54 Å². The van der Waals surface area contributed by atoms with Gasteiger partial charge in [0.1, 0.15) is 0 Å². The summed E-state index contributed by atoms with van der Waals surface area (Å²) in [5, 5.41) is 10.9. The van der Waals surface area contributed by atoms with E-state index in [0.717, 1.165) is 11.0 Å². The quantitative estimate of drug-likeness (QED) is 0.868. The van der Waals surface area contributed by atoms with Crippen molar-refractivity contribution in [3.8, 4) is 6.07 Å². The molecule has 0 aliphatic carbocycles. The molecule has 0 fully saturated rings. The third-order valence-corrected chi connectivity index (χ3v) is 4.64. The highest BCUT2D eigenvalue weighted by atomic mass is 79.9. The highest BCUT2D eigenvalue weighted by molar-refractivity contribution is 9.10. The average molecular weight is 330 g/mol. The average Bonchev–Trinajstić information content (AvgIpc) is 2.69. The summed E-state index contributed by atoms with van der Waals surface area (Å²) < 4.78 is 1.09. The topological polar surface area (TPSA) is 53.0 Å². The molecule has 0 aliphatic heterocycles. The van der Waals surface area contributed by atoms with E-state index < -0.39 is 0 Å². The SMILES string of the molecule is CC(N)C(c1cc(Br)cs1)N(CCC#N)C(C)C. The van der Waals surface area contributed by atoms with Crippen molar-refractivity contribution < 1.29 is 0 Å². The van der Waals surface area contributed by atoms with Crippen molar-refractivity contribution in [2.24, 2.45) is 5.73 Å². The van der Waals surface area contributed by atoms with Crippen LogP contribution in [-0.4, -0.2) is 23.5 Å². The van der Waals surface area contributed by atoms with Crippen molar-refractivity contribution in [3.05, 3.63) is 20.8 Å². The Hall–Kier alpha value is -0.410. The van der Waals surface area contributed by atoms with Gasteiger partial charge in [0, 0.05) is 39.8 Å². The van der Waals surface area contributed by atoms with Crippen molar-refractivity contribution >= 4 is 27.3 Å². The third-order valence-electron chi connectivity index (χ3n) is 2.88. The van der Waals surface area contributed by atoms with Gasteiger partial charge in [-0.3, -0.25) is 4.90 Å². The van der Waals surface area contributed by atoms with Gasteiger partial charge in [-0.25, -0.2) is 0 Å². The zero-order chi connectivity index (χ0) is 13.7. The van der Waals surface area contributed by atoms with E-state index in [1.54, 1.807) is 11.3 Å². The number of nitrogens with zero attached hydrogens (tertiary/aromatic N) is 2. The molecule has 0 aliphatic rings. The normalized spacial score (nSPS) is 14.8. The Morgan fingerprint density at radius 1 is 1.50 bits per heavy atom. The molecule has 1 heterocycles. The molecular weight excluding hydrogens is 310 g/mol. The zero-order valence-corrected chi connectivity index (χ0v) is 13.5. The molecule has 1 aromatic heterocycles. The predicted molar refractivity (Wildman–Crippen MR) is 80.5 cm³/mol. The lowest BCUT2D eigenvalue weighted by atomic mass is 10.0. The predicted octanol–water partition coefficient (Wildman–Crippen LogP) is 3.52. The van der Waals surface area contributed by atoms with Crippen molar-refractivity contribution in [2.45, 2.75) is 45.3 Å². The van der Waals surface area contributed by atoms with Crippen LogP contribution in [0.3, 0.4) is 0 Å². The van der Waals surface area contributed by atoms with E-state index in [1.807, 2.05) is 6.92 Å². The van der Waals surface area contributed by atoms with Crippen LogP contribution in [0.5, 0.6) is 0 Å². The Morgan fingerprint density at radius 3 is 2.56 bits per heavy atom. The van der Waals surface area contributed by atoms with Gasteiger partial charge in [0.25, 0.3) is 0 Å². The standard InChI is InChI=1S/C13H20BrN3S/c1-9(2)17(6-4-5-15)13(10(3)16)12-7-11(14)8-18-12/h7-10,13H,4,6,16H2,1-3H3. The van der Waals surface area contributed by atoms with Crippen LogP contribution in [0, 0.1) is 11.3 Å². The molecule has 1 rings (SSSR count). The fraction of sp³-hybridized carbons (Fsp3) is 0.615. The molecule has 0 radical (unpaired) electrons. The second kappa shape index (κ2) is 7.25. The summed E-state index contributed by atoms with van der Waals surface area (Å²) in [6.45, 7) is 7.08. The fourth-order valence-corrected chi connectivity index (χ4v) is 3.79. The van der Waals surface area contributed by atoms with Crippen LogP contribution in [0.2, 0.25) is 0 Å². The lowest BCUT2D eigenvalue weighted by Gasteiger charge is -2.36. The molecule has 100 valence electrons. The minimum Gasteiger partial charge on any atom is -0.326 e. The monoisotopic (exact) mass is 329 g/mol. The molecule has 2 unspecified atom stereocenters. The molecule has 0 saturated carbocycles. The van der Waals surface area contributed by atoms with Crippen LogP contribution in [0.1, 0.15) is 38.1 Å². The van der Waals surface area contributed by atoms with Crippen molar-refractivity contribution in [3.63, 3.8) is 0 Å². The van der Waals surface area contributed by atoms with Crippen LogP contribution in [0.4, 0.5) is 0 Å². The number of hydrogen-bond acceptors (Lipinski definition) is 4. The summed E-state index contributed by atoms with van der Waals surface area (Å²) in [4.78, 5) is 3.56. The van der Waals surface area contributed by atoms with E-state index in [0.29, 0.717) is 12.5 Å². The van der Waals surface area contributed by atoms with Crippen LogP contribution >= 0.6 is 27.3 Å². The highest BCUT2D eigenvalue weighted by Crippen LogP contribution is 2.32. The number of hydrogen-bond donors (Lipinski definition) is 1. The van der Waals surface area contributed by atoms with Gasteiger partial charge >= 0.3 is 0 Å². The van der Waals surface area contributed by atoms with Gasteiger partial charge < -0.3 is 5.73 Å². The van der Waals surface area contributed by atoms with E-state index in [1.165, 1.54) is 4.88 Å². The molecule has 5 heteroatoms. The third kappa shape index (κ3) is 4.06. The van der Waals surface area contributed by atoms with Gasteiger partial charge in [-0.2, -0.15) is 5.26 Å². The lowest BCUT2D eigenvalue weighted by Crippen LogP contribution is -2.43. The van der Waals surface area contributed by atoms with Gasteiger partial charge in [0.15, 0.2) is 0 Å². The first-order chi connectivity index (χ1) is 8.47. The summed E-state index contributed by atoms with van der Waals surface area (Å²) in [5.74, 6) is 0. The first-order valence-corrected chi connectivity index (χ1v) is 7.76. The minimum absolute atomic E-state index is 0.0386.